The SMILES string of the molecule is COC(=O)c1cc(NC(=O)c2cc(Cl)ccc2I)cc(C(=O)OC)c1. The second-order valence-electron chi connectivity index (χ2n) is 4.86. The number of amides is 1. The molecule has 25 heavy (non-hydrogen) atoms. The van der Waals surface area contributed by atoms with Gasteiger partial charge in [0.05, 0.1) is 30.9 Å². The molecule has 0 aliphatic rings. The highest BCUT2D eigenvalue weighted by Crippen LogP contribution is 2.21. The molecule has 130 valence electrons. The molecular weight excluding hydrogens is 461 g/mol. The van der Waals surface area contributed by atoms with Gasteiger partial charge < -0.3 is 14.8 Å². The molecule has 0 unspecified atom stereocenters. The van der Waals surface area contributed by atoms with Crippen LogP contribution in [0, 0.1) is 3.57 Å². The summed E-state index contributed by atoms with van der Waals surface area (Å²) in [6.45, 7) is 0. The third-order valence-corrected chi connectivity index (χ3v) is 4.38. The number of carbonyl (C=O) groups excluding carboxylic acids is 3. The maximum absolute atomic E-state index is 12.5. The molecule has 1 amide bonds. The van der Waals surface area contributed by atoms with E-state index in [2.05, 4.69) is 14.8 Å². The molecule has 6 nitrogen and oxygen atoms in total. The number of anilines is 1. The molecule has 8 heteroatoms. The third-order valence-electron chi connectivity index (χ3n) is 3.21. The van der Waals surface area contributed by atoms with Gasteiger partial charge in [-0.1, -0.05) is 11.6 Å². The molecule has 2 aromatic carbocycles. The Morgan fingerprint density at radius 1 is 0.960 bits per heavy atom. The van der Waals surface area contributed by atoms with Crippen LogP contribution in [0.4, 0.5) is 5.69 Å². The van der Waals surface area contributed by atoms with E-state index < -0.39 is 17.8 Å². The van der Waals surface area contributed by atoms with E-state index in [-0.39, 0.29) is 16.8 Å². The fraction of sp³-hybridized carbons (Fsp3) is 0.118. The van der Waals surface area contributed by atoms with Crippen molar-refractivity contribution in [3.63, 3.8) is 0 Å². The van der Waals surface area contributed by atoms with Gasteiger partial charge in [0.25, 0.3) is 5.91 Å². The van der Waals surface area contributed by atoms with Crippen molar-refractivity contribution in [2.45, 2.75) is 0 Å². The van der Waals surface area contributed by atoms with Gasteiger partial charge in [0.15, 0.2) is 0 Å². The Morgan fingerprint density at radius 3 is 2.04 bits per heavy atom. The Hall–Kier alpha value is -2.13. The number of halogens is 2. The van der Waals surface area contributed by atoms with Gasteiger partial charge in [-0.25, -0.2) is 9.59 Å². The molecule has 0 fully saturated rings. The van der Waals surface area contributed by atoms with E-state index in [9.17, 15) is 14.4 Å². The highest BCUT2D eigenvalue weighted by molar-refractivity contribution is 14.1. The Labute approximate surface area is 162 Å². The highest BCUT2D eigenvalue weighted by Gasteiger charge is 2.16. The first kappa shape index (κ1) is 19.2. The normalized spacial score (nSPS) is 10.1. The van der Waals surface area contributed by atoms with Gasteiger partial charge in [-0.2, -0.15) is 0 Å². The Bertz CT molecular complexity index is 819. The number of nitrogens with one attached hydrogen (secondary N) is 1. The van der Waals surface area contributed by atoms with Crippen molar-refractivity contribution in [2.24, 2.45) is 0 Å². The van der Waals surface area contributed by atoms with Gasteiger partial charge in [0.1, 0.15) is 0 Å². The second kappa shape index (κ2) is 8.30. The molecule has 0 heterocycles. The minimum Gasteiger partial charge on any atom is -0.465 e. The van der Waals surface area contributed by atoms with Crippen LogP contribution in [0.2, 0.25) is 5.02 Å². The lowest BCUT2D eigenvalue weighted by Crippen LogP contribution is -2.15. The Balaban J connectivity index is 2.40. The van der Waals surface area contributed by atoms with Crippen molar-refractivity contribution in [1.82, 2.24) is 0 Å². The number of hydrogen-bond donors (Lipinski definition) is 1. The summed E-state index contributed by atoms with van der Waals surface area (Å²) in [6.07, 6.45) is 0. The van der Waals surface area contributed by atoms with Gasteiger partial charge in [-0.3, -0.25) is 4.79 Å². The number of ether oxygens (including phenoxy) is 2. The maximum atomic E-state index is 12.5. The van der Waals surface area contributed by atoms with Crippen LogP contribution in [-0.4, -0.2) is 32.1 Å². The first-order valence-corrected chi connectivity index (χ1v) is 8.39. The summed E-state index contributed by atoms with van der Waals surface area (Å²) in [5.74, 6) is -1.71. The summed E-state index contributed by atoms with van der Waals surface area (Å²) in [7, 11) is 2.44. The number of benzene rings is 2. The minimum atomic E-state index is -0.640. The van der Waals surface area contributed by atoms with Crippen molar-refractivity contribution < 1.29 is 23.9 Å². The molecule has 0 saturated carbocycles. The second-order valence-corrected chi connectivity index (χ2v) is 6.46. The van der Waals surface area contributed by atoms with Crippen LogP contribution in [0.15, 0.2) is 36.4 Å². The molecule has 0 atom stereocenters. The highest BCUT2D eigenvalue weighted by atomic mass is 127. The Morgan fingerprint density at radius 2 is 1.52 bits per heavy atom. The number of methoxy groups -OCH3 is 2. The van der Waals surface area contributed by atoms with Crippen LogP contribution in [-0.2, 0) is 9.47 Å². The average molecular weight is 474 g/mol. The van der Waals surface area contributed by atoms with E-state index in [0.717, 1.165) is 0 Å². The van der Waals surface area contributed by atoms with Crippen molar-refractivity contribution in [1.29, 1.82) is 0 Å². The monoisotopic (exact) mass is 473 g/mol. The number of esters is 2. The van der Waals surface area contributed by atoms with E-state index in [1.165, 1.54) is 38.5 Å². The molecular formula is C17H13ClINO5. The lowest BCUT2D eigenvalue weighted by Gasteiger charge is -2.10. The van der Waals surface area contributed by atoms with Crippen LogP contribution in [0.5, 0.6) is 0 Å². The molecule has 0 aliphatic heterocycles. The molecule has 0 saturated heterocycles. The van der Waals surface area contributed by atoms with Crippen molar-refractivity contribution >= 4 is 57.7 Å². The van der Waals surface area contributed by atoms with Crippen LogP contribution in [0.1, 0.15) is 31.1 Å². The van der Waals surface area contributed by atoms with Gasteiger partial charge in [-0.15, -0.1) is 0 Å². The maximum Gasteiger partial charge on any atom is 0.337 e. The predicted octanol–water partition coefficient (Wildman–Crippen LogP) is 3.77. The molecule has 0 spiro atoms. The molecule has 1 N–H and O–H groups in total. The first-order valence-electron chi connectivity index (χ1n) is 6.94. The molecule has 0 bridgehead atoms. The van der Waals surface area contributed by atoms with Crippen LogP contribution in [0.3, 0.4) is 0 Å². The lowest BCUT2D eigenvalue weighted by atomic mass is 10.1. The molecule has 0 radical (unpaired) electrons. The summed E-state index contributed by atoms with van der Waals surface area (Å²) in [5.41, 5.74) is 0.850. The summed E-state index contributed by atoms with van der Waals surface area (Å²) in [4.78, 5) is 36.0. The fourth-order valence-electron chi connectivity index (χ4n) is 2.04. The van der Waals surface area contributed by atoms with Crippen molar-refractivity contribution in [3.05, 3.63) is 61.7 Å². The largest absolute Gasteiger partial charge is 0.465 e. The quantitative estimate of drug-likeness (QED) is 0.540. The number of rotatable bonds is 4. The van der Waals surface area contributed by atoms with Crippen molar-refractivity contribution in [3.8, 4) is 0 Å². The van der Waals surface area contributed by atoms with E-state index in [1.807, 2.05) is 22.6 Å². The standard InChI is InChI=1S/C17H13ClINO5/c1-24-16(22)9-5-10(17(23)25-2)7-12(6-9)20-15(21)13-8-11(18)3-4-14(13)19/h3-8H,1-2H3,(H,20,21). The molecule has 0 aliphatic carbocycles. The minimum absolute atomic E-state index is 0.112. The van der Waals surface area contributed by atoms with Gasteiger partial charge in [-0.05, 0) is 59.0 Å². The van der Waals surface area contributed by atoms with E-state index in [1.54, 1.807) is 12.1 Å². The third kappa shape index (κ3) is 4.70. The zero-order valence-corrected chi connectivity index (χ0v) is 16.2. The van der Waals surface area contributed by atoms with Crippen LogP contribution < -0.4 is 5.32 Å². The zero-order chi connectivity index (χ0) is 18.6. The summed E-state index contributed by atoms with van der Waals surface area (Å²) < 4.78 is 10.0. The molecule has 2 aromatic rings. The Kier molecular flexibility index (Phi) is 6.38. The smallest absolute Gasteiger partial charge is 0.337 e. The lowest BCUT2D eigenvalue weighted by molar-refractivity contribution is 0.0599. The summed E-state index contributed by atoms with van der Waals surface area (Å²) in [5, 5.41) is 3.07. The molecule has 2 rings (SSSR count). The number of carbonyl (C=O) groups is 3. The first-order chi connectivity index (χ1) is 11.8. The van der Waals surface area contributed by atoms with Crippen molar-refractivity contribution in [2.75, 3.05) is 19.5 Å². The zero-order valence-electron chi connectivity index (χ0n) is 13.3. The van der Waals surface area contributed by atoms with E-state index >= 15 is 0 Å². The van der Waals surface area contributed by atoms with Gasteiger partial charge in [0.2, 0.25) is 0 Å². The van der Waals surface area contributed by atoms with E-state index in [4.69, 9.17) is 11.6 Å². The summed E-state index contributed by atoms with van der Waals surface area (Å²) in [6, 6.07) is 9.07. The van der Waals surface area contributed by atoms with Crippen LogP contribution >= 0.6 is 34.2 Å². The van der Waals surface area contributed by atoms with Crippen LogP contribution in [0.25, 0.3) is 0 Å². The topological polar surface area (TPSA) is 81.7 Å². The van der Waals surface area contributed by atoms with E-state index in [0.29, 0.717) is 14.2 Å². The summed E-state index contributed by atoms with van der Waals surface area (Å²) >= 11 is 7.94. The fourth-order valence-corrected chi connectivity index (χ4v) is 2.79. The average Bonchev–Trinajstić information content (AvgIpc) is 2.61. The predicted molar refractivity (Wildman–Crippen MR) is 101 cm³/mol. The molecule has 0 aromatic heterocycles. The number of hydrogen-bond acceptors (Lipinski definition) is 5. The van der Waals surface area contributed by atoms with Gasteiger partial charge >= 0.3 is 11.9 Å². The van der Waals surface area contributed by atoms with Gasteiger partial charge in [0, 0.05) is 14.3 Å².